The molecule has 0 saturated carbocycles. The molecule has 1 fully saturated rings. The zero-order valence-corrected chi connectivity index (χ0v) is 11.4. The SMILES string of the molecule is CC(C)C1CCN(C(=O)c2cc(F)cnc2N)CC1. The summed E-state index contributed by atoms with van der Waals surface area (Å²) < 4.78 is 13.2. The number of nitrogens with zero attached hydrogens (tertiary/aromatic N) is 2. The Bertz CT molecular complexity index is 468. The number of amides is 1. The second-order valence-corrected chi connectivity index (χ2v) is 5.46. The Morgan fingerprint density at radius 3 is 2.68 bits per heavy atom. The molecule has 2 heterocycles. The quantitative estimate of drug-likeness (QED) is 0.892. The minimum absolute atomic E-state index is 0.0948. The highest BCUT2D eigenvalue weighted by atomic mass is 19.1. The normalized spacial score (nSPS) is 16.9. The lowest BCUT2D eigenvalue weighted by molar-refractivity contribution is 0.0668. The summed E-state index contributed by atoms with van der Waals surface area (Å²) in [6, 6.07) is 1.17. The van der Waals surface area contributed by atoms with E-state index in [1.54, 1.807) is 4.90 Å². The van der Waals surface area contributed by atoms with Gasteiger partial charge in [0.05, 0.1) is 11.8 Å². The van der Waals surface area contributed by atoms with Crippen molar-refractivity contribution in [3.8, 4) is 0 Å². The molecule has 0 aromatic carbocycles. The third-order valence-electron chi connectivity index (χ3n) is 3.89. The number of anilines is 1. The Labute approximate surface area is 112 Å². The van der Waals surface area contributed by atoms with Crippen LogP contribution in [-0.2, 0) is 0 Å². The van der Waals surface area contributed by atoms with Crippen molar-refractivity contribution in [3.63, 3.8) is 0 Å². The molecule has 1 aromatic heterocycles. The van der Waals surface area contributed by atoms with Crippen molar-refractivity contribution in [2.45, 2.75) is 26.7 Å². The predicted molar refractivity (Wildman–Crippen MR) is 72.1 cm³/mol. The van der Waals surface area contributed by atoms with Gasteiger partial charge >= 0.3 is 0 Å². The molecule has 104 valence electrons. The average molecular weight is 265 g/mol. The summed E-state index contributed by atoms with van der Waals surface area (Å²) in [4.78, 5) is 17.7. The fourth-order valence-corrected chi connectivity index (χ4v) is 2.56. The zero-order chi connectivity index (χ0) is 14.0. The molecule has 2 rings (SSSR count). The fourth-order valence-electron chi connectivity index (χ4n) is 2.56. The topological polar surface area (TPSA) is 59.2 Å². The molecule has 1 aliphatic heterocycles. The van der Waals surface area contributed by atoms with Crippen LogP contribution in [-0.4, -0.2) is 28.9 Å². The van der Waals surface area contributed by atoms with Gasteiger partial charge in [0.1, 0.15) is 11.6 Å². The van der Waals surface area contributed by atoms with Crippen LogP contribution in [0, 0.1) is 17.7 Å². The van der Waals surface area contributed by atoms with Gasteiger partial charge in [0.15, 0.2) is 0 Å². The number of halogens is 1. The smallest absolute Gasteiger partial charge is 0.257 e. The van der Waals surface area contributed by atoms with E-state index in [2.05, 4.69) is 18.8 Å². The Morgan fingerprint density at radius 1 is 1.47 bits per heavy atom. The second kappa shape index (κ2) is 5.55. The summed E-state index contributed by atoms with van der Waals surface area (Å²) in [7, 11) is 0. The lowest BCUT2D eigenvalue weighted by Crippen LogP contribution is -2.39. The molecular formula is C14H20FN3O. The van der Waals surface area contributed by atoms with E-state index in [-0.39, 0.29) is 17.3 Å². The van der Waals surface area contributed by atoms with Gasteiger partial charge in [-0.1, -0.05) is 13.8 Å². The van der Waals surface area contributed by atoms with Crippen molar-refractivity contribution in [1.29, 1.82) is 0 Å². The van der Waals surface area contributed by atoms with Crippen LogP contribution < -0.4 is 5.73 Å². The molecule has 1 aromatic rings. The molecule has 0 radical (unpaired) electrons. The number of nitrogens with two attached hydrogens (primary N) is 1. The Morgan fingerprint density at radius 2 is 2.11 bits per heavy atom. The van der Waals surface area contributed by atoms with Gasteiger partial charge in [0.25, 0.3) is 5.91 Å². The van der Waals surface area contributed by atoms with E-state index in [1.165, 1.54) is 6.07 Å². The number of aromatic nitrogens is 1. The number of rotatable bonds is 2. The van der Waals surface area contributed by atoms with Crippen LogP contribution in [0.2, 0.25) is 0 Å². The predicted octanol–water partition coefficient (Wildman–Crippen LogP) is 2.31. The molecule has 4 nitrogen and oxygen atoms in total. The molecule has 0 aliphatic carbocycles. The van der Waals surface area contributed by atoms with E-state index in [0.29, 0.717) is 24.9 Å². The van der Waals surface area contributed by atoms with Crippen molar-refractivity contribution in [1.82, 2.24) is 9.88 Å². The fraction of sp³-hybridized carbons (Fsp3) is 0.571. The first kappa shape index (κ1) is 13.8. The number of piperidine rings is 1. The van der Waals surface area contributed by atoms with Crippen LogP contribution in [0.5, 0.6) is 0 Å². The van der Waals surface area contributed by atoms with E-state index in [9.17, 15) is 9.18 Å². The minimum Gasteiger partial charge on any atom is -0.383 e. The number of pyridine rings is 1. The van der Waals surface area contributed by atoms with Crippen molar-refractivity contribution < 1.29 is 9.18 Å². The van der Waals surface area contributed by atoms with Gasteiger partial charge in [-0.2, -0.15) is 0 Å². The van der Waals surface area contributed by atoms with Crippen LogP contribution in [0.15, 0.2) is 12.3 Å². The lowest BCUT2D eigenvalue weighted by atomic mass is 9.86. The number of nitrogen functional groups attached to an aromatic ring is 1. The lowest BCUT2D eigenvalue weighted by Gasteiger charge is -2.34. The average Bonchev–Trinajstić information content (AvgIpc) is 2.41. The van der Waals surface area contributed by atoms with Crippen molar-refractivity contribution in [3.05, 3.63) is 23.6 Å². The first-order chi connectivity index (χ1) is 8.99. The summed E-state index contributed by atoms with van der Waals surface area (Å²) in [5, 5.41) is 0. The van der Waals surface area contributed by atoms with Crippen LogP contribution >= 0.6 is 0 Å². The summed E-state index contributed by atoms with van der Waals surface area (Å²) in [5.74, 6) is 0.642. The molecule has 1 aliphatic rings. The summed E-state index contributed by atoms with van der Waals surface area (Å²) >= 11 is 0. The summed E-state index contributed by atoms with van der Waals surface area (Å²) in [6.07, 6.45) is 3.01. The molecule has 0 bridgehead atoms. The molecule has 1 saturated heterocycles. The number of carbonyl (C=O) groups excluding carboxylic acids is 1. The summed E-state index contributed by atoms with van der Waals surface area (Å²) in [6.45, 7) is 5.82. The van der Waals surface area contributed by atoms with Crippen molar-refractivity contribution in [2.75, 3.05) is 18.8 Å². The third kappa shape index (κ3) is 3.03. The number of hydrogen-bond acceptors (Lipinski definition) is 3. The Hall–Kier alpha value is -1.65. The highest BCUT2D eigenvalue weighted by Gasteiger charge is 2.26. The van der Waals surface area contributed by atoms with Gasteiger partial charge in [0.2, 0.25) is 0 Å². The van der Waals surface area contributed by atoms with Crippen LogP contribution in [0.3, 0.4) is 0 Å². The molecule has 5 heteroatoms. The third-order valence-corrected chi connectivity index (χ3v) is 3.89. The number of likely N-dealkylation sites (tertiary alicyclic amines) is 1. The van der Waals surface area contributed by atoms with Crippen LogP contribution in [0.1, 0.15) is 37.0 Å². The van der Waals surface area contributed by atoms with E-state index in [4.69, 9.17) is 5.73 Å². The van der Waals surface area contributed by atoms with Crippen LogP contribution in [0.4, 0.5) is 10.2 Å². The van der Waals surface area contributed by atoms with Gasteiger partial charge in [-0.05, 0) is 30.7 Å². The number of hydrogen-bond donors (Lipinski definition) is 1. The Kier molecular flexibility index (Phi) is 4.02. The summed E-state index contributed by atoms with van der Waals surface area (Å²) in [5.41, 5.74) is 5.82. The molecule has 2 N–H and O–H groups in total. The molecule has 0 spiro atoms. The van der Waals surface area contributed by atoms with Gasteiger partial charge < -0.3 is 10.6 Å². The zero-order valence-electron chi connectivity index (χ0n) is 11.4. The highest BCUT2D eigenvalue weighted by molar-refractivity contribution is 5.98. The van der Waals surface area contributed by atoms with Gasteiger partial charge in [-0.3, -0.25) is 4.79 Å². The van der Waals surface area contributed by atoms with Gasteiger partial charge in [0, 0.05) is 13.1 Å². The van der Waals surface area contributed by atoms with E-state index >= 15 is 0 Å². The maximum absolute atomic E-state index is 13.2. The molecule has 1 amide bonds. The maximum atomic E-state index is 13.2. The van der Waals surface area contributed by atoms with Crippen LogP contribution in [0.25, 0.3) is 0 Å². The van der Waals surface area contributed by atoms with Crippen molar-refractivity contribution >= 4 is 11.7 Å². The minimum atomic E-state index is -0.533. The maximum Gasteiger partial charge on any atom is 0.257 e. The van der Waals surface area contributed by atoms with Gasteiger partial charge in [-0.25, -0.2) is 9.37 Å². The van der Waals surface area contributed by atoms with E-state index in [0.717, 1.165) is 19.0 Å². The van der Waals surface area contributed by atoms with E-state index in [1.807, 2.05) is 0 Å². The molecule has 19 heavy (non-hydrogen) atoms. The molecular weight excluding hydrogens is 245 g/mol. The van der Waals surface area contributed by atoms with E-state index < -0.39 is 5.82 Å². The molecule has 0 unspecified atom stereocenters. The molecule has 0 atom stereocenters. The van der Waals surface area contributed by atoms with Gasteiger partial charge in [-0.15, -0.1) is 0 Å². The second-order valence-electron chi connectivity index (χ2n) is 5.46. The Balaban J connectivity index is 2.07. The largest absolute Gasteiger partial charge is 0.383 e. The standard InChI is InChI=1S/C14H20FN3O/c1-9(2)10-3-5-18(6-4-10)14(19)12-7-11(15)8-17-13(12)16/h7-10H,3-6H2,1-2H3,(H2,16,17). The highest BCUT2D eigenvalue weighted by Crippen LogP contribution is 2.25. The monoisotopic (exact) mass is 265 g/mol. The van der Waals surface area contributed by atoms with Crippen molar-refractivity contribution in [2.24, 2.45) is 11.8 Å². The first-order valence-corrected chi connectivity index (χ1v) is 6.69. The first-order valence-electron chi connectivity index (χ1n) is 6.69. The number of carbonyl (C=O) groups is 1.